The second-order valence-electron chi connectivity index (χ2n) is 7.82. The molecule has 0 bridgehead atoms. The van der Waals surface area contributed by atoms with E-state index in [2.05, 4.69) is 20.1 Å². The molecule has 1 heterocycles. The number of nitrogens with one attached hydrogen (secondary N) is 1. The summed E-state index contributed by atoms with van der Waals surface area (Å²) < 4.78 is 7.99. The average Bonchev–Trinajstić information content (AvgIpc) is 3.49. The Kier molecular flexibility index (Phi) is 6.65. The lowest BCUT2D eigenvalue weighted by molar-refractivity contribution is -0.121. The number of aromatic nitrogens is 3. The second-order valence-corrected chi connectivity index (χ2v) is 9.54. The van der Waals surface area contributed by atoms with E-state index in [4.69, 9.17) is 16.3 Å². The Bertz CT molecular complexity index is 849. The van der Waals surface area contributed by atoms with Crippen LogP contribution >= 0.6 is 23.4 Å². The van der Waals surface area contributed by atoms with Crippen molar-refractivity contribution >= 4 is 29.3 Å². The van der Waals surface area contributed by atoms with Gasteiger partial charge in [0.2, 0.25) is 5.91 Å². The first-order chi connectivity index (χ1) is 14.1. The van der Waals surface area contributed by atoms with E-state index in [1.54, 1.807) is 6.07 Å². The lowest BCUT2D eigenvalue weighted by atomic mass is 9.95. The van der Waals surface area contributed by atoms with Gasteiger partial charge in [0, 0.05) is 12.1 Å². The van der Waals surface area contributed by atoms with E-state index in [-0.39, 0.29) is 11.2 Å². The van der Waals surface area contributed by atoms with E-state index in [1.807, 2.05) is 25.1 Å². The molecule has 1 atom stereocenters. The number of hydrogen-bond acceptors (Lipinski definition) is 5. The van der Waals surface area contributed by atoms with Crippen LogP contribution in [0.2, 0.25) is 5.02 Å². The molecule has 2 aliphatic carbocycles. The molecule has 1 amide bonds. The van der Waals surface area contributed by atoms with E-state index in [0.717, 1.165) is 36.7 Å². The van der Waals surface area contributed by atoms with Crippen LogP contribution in [0.15, 0.2) is 29.4 Å². The third-order valence-corrected chi connectivity index (χ3v) is 6.81. The van der Waals surface area contributed by atoms with Gasteiger partial charge < -0.3 is 10.1 Å². The maximum atomic E-state index is 12.6. The summed E-state index contributed by atoms with van der Waals surface area (Å²) in [7, 11) is 0. The predicted molar refractivity (Wildman–Crippen MR) is 114 cm³/mol. The Hall–Kier alpha value is -1.73. The number of carbonyl (C=O) groups excluding carboxylic acids is 1. The van der Waals surface area contributed by atoms with Crippen LogP contribution in [-0.4, -0.2) is 32.0 Å². The van der Waals surface area contributed by atoms with Gasteiger partial charge in [0.25, 0.3) is 0 Å². The maximum absolute atomic E-state index is 12.6. The van der Waals surface area contributed by atoms with E-state index in [0.29, 0.717) is 29.5 Å². The van der Waals surface area contributed by atoms with Crippen molar-refractivity contribution in [1.29, 1.82) is 0 Å². The molecule has 0 saturated heterocycles. The van der Waals surface area contributed by atoms with Crippen molar-refractivity contribution in [1.82, 2.24) is 20.1 Å². The first kappa shape index (κ1) is 20.5. The fraction of sp³-hybridized carbons (Fsp3) is 0.571. The Morgan fingerprint density at radius 1 is 1.24 bits per heavy atom. The standard InChI is InChI=1S/C21H27ClN4O2S/c1-14(20(27)23-15-7-3-2-4-8-15)29-21-25-24-19(26(21)16-11-12-16)13-28-18-10-6-5-9-17(18)22/h5-6,9-10,14-16H,2-4,7-8,11-13H2,1H3,(H,23,27). The van der Waals surface area contributed by atoms with E-state index in [1.165, 1.54) is 31.0 Å². The Morgan fingerprint density at radius 2 is 2.00 bits per heavy atom. The zero-order chi connectivity index (χ0) is 20.2. The zero-order valence-electron chi connectivity index (χ0n) is 16.6. The zero-order valence-corrected chi connectivity index (χ0v) is 18.2. The molecule has 2 aliphatic rings. The van der Waals surface area contributed by atoms with Gasteiger partial charge in [0.1, 0.15) is 12.4 Å². The molecule has 2 fully saturated rings. The predicted octanol–water partition coefficient (Wildman–Crippen LogP) is 4.77. The Balaban J connectivity index is 1.40. The number of benzene rings is 1. The summed E-state index contributed by atoms with van der Waals surface area (Å²) in [5, 5.41) is 13.1. The number of carbonyl (C=O) groups is 1. The molecule has 4 rings (SSSR count). The Labute approximate surface area is 180 Å². The number of rotatable bonds is 8. The largest absolute Gasteiger partial charge is 0.484 e. The van der Waals surface area contributed by atoms with Crippen molar-refractivity contribution in [3.63, 3.8) is 0 Å². The minimum Gasteiger partial charge on any atom is -0.484 e. The van der Waals surface area contributed by atoms with Crippen LogP contribution in [0.5, 0.6) is 5.75 Å². The second kappa shape index (κ2) is 9.39. The lowest BCUT2D eigenvalue weighted by Crippen LogP contribution is -2.40. The van der Waals surface area contributed by atoms with Crippen molar-refractivity contribution in [3.05, 3.63) is 35.1 Å². The van der Waals surface area contributed by atoms with Gasteiger partial charge in [-0.1, -0.05) is 54.8 Å². The van der Waals surface area contributed by atoms with Crippen molar-refractivity contribution in [3.8, 4) is 5.75 Å². The van der Waals surface area contributed by atoms with Crippen LogP contribution in [-0.2, 0) is 11.4 Å². The third-order valence-electron chi connectivity index (χ3n) is 5.44. The fourth-order valence-electron chi connectivity index (χ4n) is 3.67. The molecule has 29 heavy (non-hydrogen) atoms. The fourth-order valence-corrected chi connectivity index (χ4v) is 4.80. The van der Waals surface area contributed by atoms with Gasteiger partial charge in [0.15, 0.2) is 11.0 Å². The average molecular weight is 435 g/mol. The molecule has 1 aromatic carbocycles. The van der Waals surface area contributed by atoms with E-state index >= 15 is 0 Å². The summed E-state index contributed by atoms with van der Waals surface area (Å²) in [6, 6.07) is 8.12. The number of ether oxygens (including phenoxy) is 1. The summed E-state index contributed by atoms with van der Waals surface area (Å²) >= 11 is 7.65. The minimum absolute atomic E-state index is 0.0844. The molecule has 0 radical (unpaired) electrons. The van der Waals surface area contributed by atoms with Crippen LogP contribution in [0.25, 0.3) is 0 Å². The highest BCUT2D eigenvalue weighted by atomic mass is 35.5. The molecular weight excluding hydrogens is 408 g/mol. The topological polar surface area (TPSA) is 69.0 Å². The van der Waals surface area contributed by atoms with Crippen LogP contribution in [0.3, 0.4) is 0 Å². The first-order valence-electron chi connectivity index (χ1n) is 10.4. The molecular formula is C21H27ClN4O2S. The number of nitrogens with zero attached hydrogens (tertiary/aromatic N) is 3. The smallest absolute Gasteiger partial charge is 0.233 e. The molecule has 156 valence electrons. The van der Waals surface area contributed by atoms with E-state index < -0.39 is 0 Å². The molecule has 2 aromatic rings. The van der Waals surface area contributed by atoms with Gasteiger partial charge in [-0.3, -0.25) is 9.36 Å². The van der Waals surface area contributed by atoms with Crippen LogP contribution in [0, 0.1) is 0 Å². The number of para-hydroxylation sites is 1. The normalized spacial score (nSPS) is 18.4. The van der Waals surface area contributed by atoms with Crippen LogP contribution in [0.1, 0.15) is 63.7 Å². The lowest BCUT2D eigenvalue weighted by Gasteiger charge is -2.24. The number of halogens is 1. The number of amides is 1. The molecule has 2 saturated carbocycles. The molecule has 6 nitrogen and oxygen atoms in total. The highest BCUT2D eigenvalue weighted by Gasteiger charge is 2.31. The van der Waals surface area contributed by atoms with Crippen LogP contribution < -0.4 is 10.1 Å². The monoisotopic (exact) mass is 434 g/mol. The first-order valence-corrected chi connectivity index (χ1v) is 11.7. The quantitative estimate of drug-likeness (QED) is 0.606. The van der Waals surface area contributed by atoms with Gasteiger partial charge in [-0.25, -0.2) is 0 Å². The Morgan fingerprint density at radius 3 is 2.72 bits per heavy atom. The van der Waals surface area contributed by atoms with Crippen molar-refractivity contribution in [2.24, 2.45) is 0 Å². The van der Waals surface area contributed by atoms with Gasteiger partial charge in [-0.15, -0.1) is 10.2 Å². The molecule has 0 aliphatic heterocycles. The molecule has 0 spiro atoms. The summed E-state index contributed by atoms with van der Waals surface area (Å²) in [5.74, 6) is 1.49. The summed E-state index contributed by atoms with van der Waals surface area (Å²) in [6.45, 7) is 2.24. The molecule has 1 unspecified atom stereocenters. The summed E-state index contributed by atoms with van der Waals surface area (Å²) in [6.07, 6.45) is 8.07. The van der Waals surface area contributed by atoms with Gasteiger partial charge in [0.05, 0.1) is 10.3 Å². The molecule has 8 heteroatoms. The third kappa shape index (κ3) is 5.25. The van der Waals surface area contributed by atoms with E-state index in [9.17, 15) is 4.79 Å². The summed E-state index contributed by atoms with van der Waals surface area (Å²) in [4.78, 5) is 12.6. The van der Waals surface area contributed by atoms with Crippen LogP contribution in [0.4, 0.5) is 0 Å². The van der Waals surface area contributed by atoms with Crippen molar-refractivity contribution in [2.75, 3.05) is 0 Å². The highest BCUT2D eigenvalue weighted by molar-refractivity contribution is 8.00. The van der Waals surface area contributed by atoms with Gasteiger partial charge in [-0.2, -0.15) is 0 Å². The number of thioether (sulfide) groups is 1. The molecule has 1 N–H and O–H groups in total. The maximum Gasteiger partial charge on any atom is 0.233 e. The number of hydrogen-bond donors (Lipinski definition) is 1. The minimum atomic E-state index is -0.212. The summed E-state index contributed by atoms with van der Waals surface area (Å²) in [5.41, 5.74) is 0. The van der Waals surface area contributed by atoms with Gasteiger partial charge in [-0.05, 0) is 44.7 Å². The molecule has 1 aromatic heterocycles. The SMILES string of the molecule is CC(Sc1nnc(COc2ccccc2Cl)n1C1CC1)C(=O)NC1CCCCC1. The van der Waals surface area contributed by atoms with Gasteiger partial charge >= 0.3 is 0 Å². The van der Waals surface area contributed by atoms with Crippen molar-refractivity contribution < 1.29 is 9.53 Å². The highest BCUT2D eigenvalue weighted by Crippen LogP contribution is 2.40. The van der Waals surface area contributed by atoms with Crippen molar-refractivity contribution in [2.45, 2.75) is 81.0 Å².